The lowest BCUT2D eigenvalue weighted by atomic mass is 10.1. The van der Waals surface area contributed by atoms with Crippen LogP contribution in [0.5, 0.6) is 0 Å². The summed E-state index contributed by atoms with van der Waals surface area (Å²) in [5.41, 5.74) is 2.82. The summed E-state index contributed by atoms with van der Waals surface area (Å²) in [5.74, 6) is 1.49. The summed E-state index contributed by atoms with van der Waals surface area (Å²) >= 11 is 1.54. The van der Waals surface area contributed by atoms with Crippen LogP contribution in [0.2, 0.25) is 0 Å². The zero-order valence-corrected chi connectivity index (χ0v) is 16.8. The van der Waals surface area contributed by atoms with Gasteiger partial charge in [-0.1, -0.05) is 48.2 Å². The Morgan fingerprint density at radius 3 is 2.64 bits per heavy atom. The molecule has 1 atom stereocenters. The molecule has 0 radical (unpaired) electrons. The van der Waals surface area contributed by atoms with Crippen molar-refractivity contribution in [2.24, 2.45) is 0 Å². The molecule has 4 aromatic rings. The van der Waals surface area contributed by atoms with Crippen molar-refractivity contribution in [2.75, 3.05) is 0 Å². The third-order valence-electron chi connectivity index (χ3n) is 4.72. The summed E-state index contributed by atoms with van der Waals surface area (Å²) in [6.07, 6.45) is 0. The van der Waals surface area contributed by atoms with Gasteiger partial charge in [0.05, 0.1) is 16.2 Å². The van der Waals surface area contributed by atoms with Crippen molar-refractivity contribution < 1.29 is 0 Å². The smallest absolute Gasteiger partial charge is 0.258 e. The van der Waals surface area contributed by atoms with Crippen molar-refractivity contribution in [2.45, 2.75) is 37.7 Å². The minimum absolute atomic E-state index is 0.0727. The number of aryl methyl sites for hydroxylation is 1. The van der Waals surface area contributed by atoms with Crippen LogP contribution in [0.4, 0.5) is 0 Å². The Hall–Kier alpha value is -2.93. The number of H-pyrrole nitrogens is 1. The predicted molar refractivity (Wildman–Crippen MR) is 113 cm³/mol. The van der Waals surface area contributed by atoms with Crippen LogP contribution in [-0.4, -0.2) is 24.7 Å². The van der Waals surface area contributed by atoms with E-state index in [0.29, 0.717) is 16.7 Å². The lowest BCUT2D eigenvalue weighted by molar-refractivity contribution is 0.684. The second kappa shape index (κ2) is 7.59. The van der Waals surface area contributed by atoms with E-state index in [4.69, 9.17) is 0 Å². The van der Waals surface area contributed by atoms with Crippen molar-refractivity contribution in [3.63, 3.8) is 0 Å². The van der Waals surface area contributed by atoms with Crippen molar-refractivity contribution >= 4 is 22.7 Å². The monoisotopic (exact) mass is 391 g/mol. The molecule has 0 fully saturated rings. The standard InChI is InChI=1S/C21H21N5OS/c1-4-26-19(15-10-6-5-9-13(15)2)24-25-21(26)28-14(3)18-22-17-12-8-7-11-16(17)20(27)23-18/h5-12,14H,4H2,1-3H3,(H,22,23,27)/t14-/m1/s1. The minimum atomic E-state index is -0.120. The maximum absolute atomic E-state index is 12.4. The summed E-state index contributed by atoms with van der Waals surface area (Å²) < 4.78 is 2.10. The predicted octanol–water partition coefficient (Wildman–Crippen LogP) is 4.36. The topological polar surface area (TPSA) is 76.5 Å². The van der Waals surface area contributed by atoms with Gasteiger partial charge in [-0.25, -0.2) is 4.98 Å². The second-order valence-electron chi connectivity index (χ2n) is 6.59. The maximum Gasteiger partial charge on any atom is 0.258 e. The second-order valence-corrected chi connectivity index (χ2v) is 7.90. The number of nitrogens with zero attached hydrogens (tertiary/aromatic N) is 4. The van der Waals surface area contributed by atoms with Gasteiger partial charge in [-0.05, 0) is 38.5 Å². The Kier molecular flexibility index (Phi) is 5.00. The molecular weight excluding hydrogens is 370 g/mol. The summed E-state index contributed by atoms with van der Waals surface area (Å²) in [5, 5.41) is 10.2. The van der Waals surface area contributed by atoms with Gasteiger partial charge in [0, 0.05) is 12.1 Å². The quantitative estimate of drug-likeness (QED) is 0.512. The summed E-state index contributed by atoms with van der Waals surface area (Å²) in [6, 6.07) is 15.5. The third kappa shape index (κ3) is 3.33. The van der Waals surface area contributed by atoms with Crippen LogP contribution in [-0.2, 0) is 6.54 Å². The average Bonchev–Trinajstić information content (AvgIpc) is 3.10. The van der Waals surface area contributed by atoms with E-state index in [9.17, 15) is 4.79 Å². The lowest BCUT2D eigenvalue weighted by Gasteiger charge is -2.13. The van der Waals surface area contributed by atoms with Gasteiger partial charge in [0.1, 0.15) is 5.82 Å². The van der Waals surface area contributed by atoms with E-state index in [0.717, 1.165) is 28.7 Å². The van der Waals surface area contributed by atoms with Crippen molar-refractivity contribution in [3.05, 3.63) is 70.3 Å². The number of nitrogens with one attached hydrogen (secondary N) is 1. The van der Waals surface area contributed by atoms with Gasteiger partial charge < -0.3 is 9.55 Å². The molecule has 28 heavy (non-hydrogen) atoms. The molecule has 7 heteroatoms. The molecule has 0 aliphatic heterocycles. The van der Waals surface area contributed by atoms with E-state index in [1.165, 1.54) is 0 Å². The van der Waals surface area contributed by atoms with E-state index in [1.807, 2.05) is 37.3 Å². The van der Waals surface area contributed by atoms with Crippen LogP contribution in [0.1, 0.15) is 30.5 Å². The summed E-state index contributed by atoms with van der Waals surface area (Å²) in [4.78, 5) is 19.9. The first kappa shape index (κ1) is 18.4. The fourth-order valence-electron chi connectivity index (χ4n) is 3.19. The highest BCUT2D eigenvalue weighted by Crippen LogP contribution is 2.34. The van der Waals surface area contributed by atoms with Crippen molar-refractivity contribution in [3.8, 4) is 11.4 Å². The Morgan fingerprint density at radius 2 is 1.86 bits per heavy atom. The molecule has 2 aromatic carbocycles. The fraction of sp³-hybridized carbons (Fsp3) is 0.238. The molecule has 0 aliphatic rings. The lowest BCUT2D eigenvalue weighted by Crippen LogP contribution is -2.13. The Morgan fingerprint density at radius 1 is 1.11 bits per heavy atom. The number of fused-ring (bicyclic) bond motifs is 1. The molecule has 0 bridgehead atoms. The van der Waals surface area contributed by atoms with Gasteiger partial charge >= 0.3 is 0 Å². The SMILES string of the molecule is CCn1c(S[C@H](C)c2nc3ccccc3c(=O)[nH]2)nnc1-c1ccccc1C. The van der Waals surface area contributed by atoms with Crippen molar-refractivity contribution in [1.82, 2.24) is 24.7 Å². The molecule has 142 valence electrons. The molecule has 2 heterocycles. The molecule has 1 N–H and O–H groups in total. The normalized spacial score (nSPS) is 12.4. The van der Waals surface area contributed by atoms with E-state index in [2.05, 4.69) is 50.7 Å². The molecular formula is C21H21N5OS. The van der Waals surface area contributed by atoms with Gasteiger partial charge in [0.15, 0.2) is 11.0 Å². The number of hydrogen-bond donors (Lipinski definition) is 1. The average molecular weight is 392 g/mol. The van der Waals surface area contributed by atoms with Crippen LogP contribution in [0.3, 0.4) is 0 Å². The van der Waals surface area contributed by atoms with Crippen LogP contribution < -0.4 is 5.56 Å². The zero-order valence-electron chi connectivity index (χ0n) is 16.0. The van der Waals surface area contributed by atoms with E-state index in [-0.39, 0.29) is 10.8 Å². The molecule has 2 aromatic heterocycles. The van der Waals surface area contributed by atoms with Crippen molar-refractivity contribution in [1.29, 1.82) is 0 Å². The summed E-state index contributed by atoms with van der Waals surface area (Å²) in [6.45, 7) is 6.92. The highest BCUT2D eigenvalue weighted by molar-refractivity contribution is 7.99. The Labute approximate surface area is 167 Å². The molecule has 0 unspecified atom stereocenters. The molecule has 0 amide bonds. The zero-order chi connectivity index (χ0) is 19.7. The highest BCUT2D eigenvalue weighted by atomic mass is 32.2. The number of aromatic nitrogens is 5. The first-order valence-corrected chi connectivity index (χ1v) is 10.1. The Bertz CT molecular complexity index is 1200. The molecule has 0 spiro atoms. The molecule has 0 saturated carbocycles. The highest BCUT2D eigenvalue weighted by Gasteiger charge is 2.19. The Balaban J connectivity index is 1.68. The molecule has 0 saturated heterocycles. The van der Waals surface area contributed by atoms with Gasteiger partial charge in [-0.3, -0.25) is 4.79 Å². The maximum atomic E-state index is 12.4. The van der Waals surface area contributed by atoms with Gasteiger partial charge in [-0.2, -0.15) is 0 Å². The number of rotatable bonds is 5. The third-order valence-corrected chi connectivity index (χ3v) is 5.81. The number of aromatic amines is 1. The van der Waals surface area contributed by atoms with Crippen LogP contribution in [0, 0.1) is 6.92 Å². The number of hydrogen-bond acceptors (Lipinski definition) is 5. The van der Waals surface area contributed by atoms with E-state index < -0.39 is 0 Å². The van der Waals surface area contributed by atoms with Crippen LogP contribution >= 0.6 is 11.8 Å². The van der Waals surface area contributed by atoms with Gasteiger partial charge in [0.2, 0.25) is 0 Å². The number of thioether (sulfide) groups is 1. The first-order valence-electron chi connectivity index (χ1n) is 9.23. The van der Waals surface area contributed by atoms with Gasteiger partial charge in [-0.15, -0.1) is 10.2 Å². The molecule has 6 nitrogen and oxygen atoms in total. The summed E-state index contributed by atoms with van der Waals surface area (Å²) in [7, 11) is 0. The van der Waals surface area contributed by atoms with Crippen LogP contribution in [0.25, 0.3) is 22.3 Å². The minimum Gasteiger partial charge on any atom is -0.309 e. The first-order chi connectivity index (χ1) is 13.6. The van der Waals surface area contributed by atoms with E-state index in [1.54, 1.807) is 17.8 Å². The van der Waals surface area contributed by atoms with Crippen LogP contribution in [0.15, 0.2) is 58.5 Å². The van der Waals surface area contributed by atoms with E-state index >= 15 is 0 Å². The number of benzene rings is 2. The number of para-hydroxylation sites is 1. The fourth-order valence-corrected chi connectivity index (χ4v) is 4.17. The van der Waals surface area contributed by atoms with Gasteiger partial charge in [0.25, 0.3) is 5.56 Å². The molecule has 4 rings (SSSR count). The molecule has 0 aliphatic carbocycles. The largest absolute Gasteiger partial charge is 0.309 e.